The lowest BCUT2D eigenvalue weighted by Crippen LogP contribution is -2.29. The molecule has 1 fully saturated rings. The molecule has 0 radical (unpaired) electrons. The zero-order valence-electron chi connectivity index (χ0n) is 11.7. The summed E-state index contributed by atoms with van der Waals surface area (Å²) in [6.45, 7) is 1.95. The molecule has 0 aliphatic heterocycles. The molecule has 6 nitrogen and oxygen atoms in total. The van der Waals surface area contributed by atoms with Crippen LogP contribution in [0.4, 0.5) is 5.69 Å². The Morgan fingerprint density at radius 1 is 1.38 bits per heavy atom. The van der Waals surface area contributed by atoms with Crippen LogP contribution in [0.15, 0.2) is 29.3 Å². The third kappa shape index (κ3) is 2.56. The molecule has 0 aromatic carbocycles. The molecule has 2 N–H and O–H groups in total. The number of anilines is 1. The van der Waals surface area contributed by atoms with Crippen LogP contribution in [0.2, 0.25) is 0 Å². The zero-order valence-corrected chi connectivity index (χ0v) is 11.7. The van der Waals surface area contributed by atoms with Gasteiger partial charge in [-0.05, 0) is 37.8 Å². The van der Waals surface area contributed by atoms with Crippen LogP contribution in [0.25, 0.3) is 11.3 Å². The Morgan fingerprint density at radius 2 is 2.05 bits per heavy atom. The average molecular weight is 284 g/mol. The highest BCUT2D eigenvalue weighted by molar-refractivity contribution is 6.04. The van der Waals surface area contributed by atoms with Gasteiger partial charge in [0.2, 0.25) is 0 Å². The second-order valence-electron chi connectivity index (χ2n) is 5.36. The van der Waals surface area contributed by atoms with E-state index in [0.29, 0.717) is 18.2 Å². The van der Waals surface area contributed by atoms with Gasteiger partial charge < -0.3 is 5.73 Å². The van der Waals surface area contributed by atoms with Crippen LogP contribution in [0.1, 0.15) is 30.1 Å². The Morgan fingerprint density at radius 3 is 2.62 bits per heavy atom. The van der Waals surface area contributed by atoms with E-state index in [1.807, 2.05) is 0 Å². The molecular formula is C15H16N4O2. The minimum absolute atomic E-state index is 0.0232. The summed E-state index contributed by atoms with van der Waals surface area (Å²) in [4.78, 5) is 28.1. The summed E-state index contributed by atoms with van der Waals surface area (Å²) in [5, 5.41) is 4.38. The van der Waals surface area contributed by atoms with Gasteiger partial charge >= 0.3 is 0 Å². The lowest BCUT2D eigenvalue weighted by atomic mass is 10.0. The number of carbonyl (C=O) groups excluding carboxylic acids is 1. The Bertz CT molecular complexity index is 748. The van der Waals surface area contributed by atoms with E-state index in [4.69, 9.17) is 5.73 Å². The molecule has 0 bridgehead atoms. The summed E-state index contributed by atoms with van der Waals surface area (Å²) >= 11 is 0. The van der Waals surface area contributed by atoms with E-state index in [0.717, 1.165) is 18.4 Å². The van der Waals surface area contributed by atoms with Crippen LogP contribution in [0, 0.1) is 5.92 Å². The van der Waals surface area contributed by atoms with Gasteiger partial charge in [-0.2, -0.15) is 5.10 Å². The monoisotopic (exact) mass is 284 g/mol. The Kier molecular flexibility index (Phi) is 3.29. The first kappa shape index (κ1) is 13.5. The molecule has 0 amide bonds. The number of Topliss-reactive ketones (excluding diaryl/α,β-unsaturated/α-hetero) is 1. The molecule has 0 saturated heterocycles. The molecule has 1 saturated carbocycles. The summed E-state index contributed by atoms with van der Waals surface area (Å²) in [6.07, 6.45) is 5.45. The molecule has 2 aromatic rings. The fourth-order valence-corrected chi connectivity index (χ4v) is 2.33. The number of carbonyl (C=O) groups is 1. The van der Waals surface area contributed by atoms with Crippen molar-refractivity contribution in [1.82, 2.24) is 14.8 Å². The summed E-state index contributed by atoms with van der Waals surface area (Å²) in [6, 6.07) is 3.50. The first-order chi connectivity index (χ1) is 10.1. The second-order valence-corrected chi connectivity index (χ2v) is 5.36. The van der Waals surface area contributed by atoms with Gasteiger partial charge in [0, 0.05) is 24.5 Å². The number of nitrogens with two attached hydrogens (primary N) is 1. The lowest BCUT2D eigenvalue weighted by molar-refractivity contribution is 0.101. The third-order valence-electron chi connectivity index (χ3n) is 3.63. The standard InChI is InChI=1S/C15H16N4O2/c1-9(20)12-13(16)15(21)19(8-10-2-3-10)18-14(12)11-4-6-17-7-5-11/h4-7,10H,2-3,8,16H2,1H3. The largest absolute Gasteiger partial charge is 0.394 e. The minimum atomic E-state index is -0.384. The van der Waals surface area contributed by atoms with Crippen molar-refractivity contribution in [3.63, 3.8) is 0 Å². The molecule has 1 aliphatic carbocycles. The molecule has 2 heterocycles. The van der Waals surface area contributed by atoms with Gasteiger partial charge in [0.05, 0.1) is 5.56 Å². The number of hydrogen-bond donors (Lipinski definition) is 1. The predicted molar refractivity (Wildman–Crippen MR) is 78.9 cm³/mol. The fraction of sp³-hybridized carbons (Fsp3) is 0.333. The van der Waals surface area contributed by atoms with Gasteiger partial charge in [-0.1, -0.05) is 0 Å². The zero-order chi connectivity index (χ0) is 15.0. The van der Waals surface area contributed by atoms with E-state index in [9.17, 15) is 9.59 Å². The summed E-state index contributed by atoms with van der Waals surface area (Å²) in [7, 11) is 0. The van der Waals surface area contributed by atoms with Crippen molar-refractivity contribution in [2.24, 2.45) is 5.92 Å². The number of pyridine rings is 1. The molecule has 1 aliphatic rings. The summed E-state index contributed by atoms with van der Waals surface area (Å²) < 4.78 is 1.38. The molecule has 2 aromatic heterocycles. The van der Waals surface area contributed by atoms with Gasteiger partial charge in [-0.15, -0.1) is 0 Å². The van der Waals surface area contributed by atoms with Crippen molar-refractivity contribution in [3.05, 3.63) is 40.4 Å². The number of nitrogen functional groups attached to an aromatic ring is 1. The second kappa shape index (κ2) is 5.12. The van der Waals surface area contributed by atoms with Gasteiger partial charge in [-0.25, -0.2) is 4.68 Å². The van der Waals surface area contributed by atoms with E-state index in [1.54, 1.807) is 24.5 Å². The first-order valence-electron chi connectivity index (χ1n) is 6.90. The van der Waals surface area contributed by atoms with E-state index in [-0.39, 0.29) is 22.6 Å². The van der Waals surface area contributed by atoms with Gasteiger partial charge in [0.1, 0.15) is 11.4 Å². The Balaban J connectivity index is 2.22. The van der Waals surface area contributed by atoms with Gasteiger partial charge in [0.25, 0.3) is 5.56 Å². The van der Waals surface area contributed by atoms with E-state index in [2.05, 4.69) is 10.1 Å². The maximum Gasteiger partial charge on any atom is 0.290 e. The van der Waals surface area contributed by atoms with Crippen molar-refractivity contribution < 1.29 is 4.79 Å². The average Bonchev–Trinajstić information content (AvgIpc) is 3.28. The molecule has 0 spiro atoms. The molecule has 3 rings (SSSR count). The quantitative estimate of drug-likeness (QED) is 0.859. The number of aromatic nitrogens is 3. The smallest absolute Gasteiger partial charge is 0.290 e. The van der Waals surface area contributed by atoms with Crippen LogP contribution in [-0.4, -0.2) is 20.5 Å². The third-order valence-corrected chi connectivity index (χ3v) is 3.63. The highest BCUT2D eigenvalue weighted by Gasteiger charge is 2.25. The van der Waals surface area contributed by atoms with E-state index >= 15 is 0 Å². The van der Waals surface area contributed by atoms with Crippen LogP contribution in [-0.2, 0) is 6.54 Å². The lowest BCUT2D eigenvalue weighted by Gasteiger charge is -2.12. The Labute approximate surface area is 121 Å². The summed E-state index contributed by atoms with van der Waals surface area (Å²) in [5.41, 5.74) is 6.87. The van der Waals surface area contributed by atoms with Crippen molar-refractivity contribution in [1.29, 1.82) is 0 Å². The predicted octanol–water partition coefficient (Wildman–Crippen LogP) is 1.50. The summed E-state index contributed by atoms with van der Waals surface area (Å²) in [5.74, 6) is 0.227. The molecule has 0 unspecified atom stereocenters. The van der Waals surface area contributed by atoms with Crippen molar-refractivity contribution in [3.8, 4) is 11.3 Å². The highest BCUT2D eigenvalue weighted by Crippen LogP contribution is 2.31. The van der Waals surface area contributed by atoms with Crippen LogP contribution in [0.5, 0.6) is 0 Å². The Hall–Kier alpha value is -2.50. The van der Waals surface area contributed by atoms with Crippen molar-refractivity contribution in [2.45, 2.75) is 26.3 Å². The van der Waals surface area contributed by atoms with E-state index < -0.39 is 0 Å². The number of rotatable bonds is 4. The van der Waals surface area contributed by atoms with Crippen molar-refractivity contribution in [2.75, 3.05) is 5.73 Å². The fourth-order valence-electron chi connectivity index (χ4n) is 2.33. The molecule has 108 valence electrons. The normalized spacial score (nSPS) is 14.1. The molecule has 6 heteroatoms. The highest BCUT2D eigenvalue weighted by atomic mass is 16.1. The number of ketones is 1. The van der Waals surface area contributed by atoms with Gasteiger partial charge in [0.15, 0.2) is 5.78 Å². The molecule has 21 heavy (non-hydrogen) atoms. The SMILES string of the molecule is CC(=O)c1c(-c2ccncc2)nn(CC2CC2)c(=O)c1N. The maximum absolute atomic E-state index is 12.3. The van der Waals surface area contributed by atoms with E-state index in [1.165, 1.54) is 11.6 Å². The van der Waals surface area contributed by atoms with Crippen LogP contribution < -0.4 is 11.3 Å². The number of hydrogen-bond acceptors (Lipinski definition) is 5. The van der Waals surface area contributed by atoms with Crippen molar-refractivity contribution >= 4 is 11.5 Å². The maximum atomic E-state index is 12.3. The van der Waals surface area contributed by atoms with Crippen LogP contribution >= 0.6 is 0 Å². The topological polar surface area (TPSA) is 90.9 Å². The molecular weight excluding hydrogens is 268 g/mol. The van der Waals surface area contributed by atoms with Crippen LogP contribution in [0.3, 0.4) is 0 Å². The number of nitrogens with zero attached hydrogens (tertiary/aromatic N) is 3. The molecule has 0 atom stereocenters. The van der Waals surface area contributed by atoms with Gasteiger partial charge in [-0.3, -0.25) is 14.6 Å². The minimum Gasteiger partial charge on any atom is -0.394 e. The first-order valence-corrected chi connectivity index (χ1v) is 6.90.